The fourth-order valence-electron chi connectivity index (χ4n) is 2.21. The Kier molecular flexibility index (Phi) is 6.83. The van der Waals surface area contributed by atoms with Gasteiger partial charge in [0.25, 0.3) is 0 Å². The number of hydrogen-bond donors (Lipinski definition) is 2. The Morgan fingerprint density at radius 1 is 1.17 bits per heavy atom. The van der Waals surface area contributed by atoms with Crippen LogP contribution in [0.4, 0.5) is 0 Å². The Bertz CT molecular complexity index is 697. The zero-order valence-electron chi connectivity index (χ0n) is 14.2. The molecule has 0 spiro atoms. The number of benzene rings is 1. The van der Waals surface area contributed by atoms with Gasteiger partial charge in [-0.1, -0.05) is 36.9 Å². The maximum absolute atomic E-state index is 5.67. The predicted octanol–water partition coefficient (Wildman–Crippen LogP) is 2.82. The first kappa shape index (κ1) is 17.5. The van der Waals surface area contributed by atoms with Crippen molar-refractivity contribution in [3.05, 3.63) is 72.1 Å². The van der Waals surface area contributed by atoms with E-state index in [0.717, 1.165) is 28.7 Å². The van der Waals surface area contributed by atoms with E-state index in [2.05, 4.69) is 27.2 Å². The highest BCUT2D eigenvalue weighted by Crippen LogP contribution is 2.17. The Hall–Kier alpha value is -2.82. The molecule has 0 bridgehead atoms. The van der Waals surface area contributed by atoms with Crippen LogP contribution in [0.1, 0.15) is 17.0 Å². The van der Waals surface area contributed by atoms with Gasteiger partial charge < -0.3 is 15.4 Å². The quantitative estimate of drug-likeness (QED) is 0.467. The molecule has 0 saturated carbocycles. The van der Waals surface area contributed by atoms with Crippen molar-refractivity contribution >= 4 is 5.96 Å². The molecule has 0 fully saturated rings. The highest BCUT2D eigenvalue weighted by Gasteiger charge is 2.04. The molecule has 0 atom stereocenters. The van der Waals surface area contributed by atoms with Gasteiger partial charge in [-0.15, -0.1) is 0 Å². The molecule has 2 rings (SSSR count). The second-order valence-electron chi connectivity index (χ2n) is 5.26. The van der Waals surface area contributed by atoms with Crippen LogP contribution in [-0.2, 0) is 13.1 Å². The Labute approximate surface area is 143 Å². The zero-order chi connectivity index (χ0) is 17.2. The lowest BCUT2D eigenvalue weighted by Gasteiger charge is -2.14. The molecule has 1 aromatic carbocycles. The van der Waals surface area contributed by atoms with Gasteiger partial charge in [0.1, 0.15) is 12.4 Å². The van der Waals surface area contributed by atoms with Gasteiger partial charge >= 0.3 is 0 Å². The fourth-order valence-corrected chi connectivity index (χ4v) is 2.21. The summed E-state index contributed by atoms with van der Waals surface area (Å²) in [7, 11) is 1.75. The molecule has 24 heavy (non-hydrogen) atoms. The molecule has 2 aromatic rings. The van der Waals surface area contributed by atoms with E-state index in [4.69, 9.17) is 4.74 Å². The van der Waals surface area contributed by atoms with Crippen LogP contribution in [0, 0.1) is 6.92 Å². The highest BCUT2D eigenvalue weighted by molar-refractivity contribution is 5.79. The van der Waals surface area contributed by atoms with Crippen molar-refractivity contribution in [3.63, 3.8) is 0 Å². The summed E-state index contributed by atoms with van der Waals surface area (Å²) in [6.45, 7) is 7.39. The van der Waals surface area contributed by atoms with Crippen molar-refractivity contribution in [2.24, 2.45) is 4.99 Å². The van der Waals surface area contributed by atoms with E-state index in [1.165, 1.54) is 0 Å². The summed E-state index contributed by atoms with van der Waals surface area (Å²) in [6, 6.07) is 13.9. The van der Waals surface area contributed by atoms with E-state index in [-0.39, 0.29) is 0 Å². The standard InChI is InChI=1S/C19H24N4O/c1-4-12-24-18-11-6-5-9-16(18)13-21-19(20-3)22-14-17-10-7-8-15(2)23-17/h4-11H,1,12-14H2,2-3H3,(H2,20,21,22). The summed E-state index contributed by atoms with van der Waals surface area (Å²) in [5, 5.41) is 6.56. The number of guanidine groups is 1. The van der Waals surface area contributed by atoms with Crippen LogP contribution in [0.5, 0.6) is 5.75 Å². The van der Waals surface area contributed by atoms with Gasteiger partial charge in [0.05, 0.1) is 12.2 Å². The molecule has 0 aliphatic carbocycles. The third-order valence-corrected chi connectivity index (χ3v) is 3.38. The van der Waals surface area contributed by atoms with Crippen LogP contribution in [0.25, 0.3) is 0 Å². The molecule has 1 aromatic heterocycles. The average Bonchev–Trinajstić information content (AvgIpc) is 2.61. The SMILES string of the molecule is C=CCOc1ccccc1CNC(=NC)NCc1cccc(C)n1. The maximum Gasteiger partial charge on any atom is 0.191 e. The van der Waals surface area contributed by atoms with Crippen LogP contribution in [-0.4, -0.2) is 24.6 Å². The molecule has 1 heterocycles. The molecule has 2 N–H and O–H groups in total. The number of nitrogens with zero attached hydrogens (tertiary/aromatic N) is 2. The summed E-state index contributed by atoms with van der Waals surface area (Å²) >= 11 is 0. The largest absolute Gasteiger partial charge is 0.489 e. The number of rotatable bonds is 7. The highest BCUT2D eigenvalue weighted by atomic mass is 16.5. The second-order valence-corrected chi connectivity index (χ2v) is 5.26. The lowest BCUT2D eigenvalue weighted by Crippen LogP contribution is -2.36. The fraction of sp³-hybridized carbons (Fsp3) is 0.263. The van der Waals surface area contributed by atoms with E-state index in [1.54, 1.807) is 13.1 Å². The third-order valence-electron chi connectivity index (χ3n) is 3.38. The van der Waals surface area contributed by atoms with Crippen molar-refractivity contribution in [2.75, 3.05) is 13.7 Å². The first-order valence-electron chi connectivity index (χ1n) is 7.91. The molecular formula is C19H24N4O. The summed E-state index contributed by atoms with van der Waals surface area (Å²) in [6.07, 6.45) is 1.74. The Morgan fingerprint density at radius 2 is 1.96 bits per heavy atom. The topological polar surface area (TPSA) is 58.5 Å². The number of para-hydroxylation sites is 1. The van der Waals surface area contributed by atoms with E-state index in [1.807, 2.05) is 49.4 Å². The zero-order valence-corrected chi connectivity index (χ0v) is 14.2. The van der Waals surface area contributed by atoms with E-state index in [9.17, 15) is 0 Å². The number of nitrogens with one attached hydrogen (secondary N) is 2. The van der Waals surface area contributed by atoms with Gasteiger partial charge in [-0.25, -0.2) is 0 Å². The van der Waals surface area contributed by atoms with Gasteiger partial charge in [-0.3, -0.25) is 9.98 Å². The second kappa shape index (κ2) is 9.35. The molecule has 0 unspecified atom stereocenters. The normalized spacial score (nSPS) is 11.0. The third kappa shape index (κ3) is 5.43. The molecular weight excluding hydrogens is 300 g/mol. The summed E-state index contributed by atoms with van der Waals surface area (Å²) in [5.41, 5.74) is 3.05. The molecule has 5 nitrogen and oxygen atoms in total. The molecule has 0 radical (unpaired) electrons. The first-order chi connectivity index (χ1) is 11.7. The van der Waals surface area contributed by atoms with Crippen molar-refractivity contribution < 1.29 is 4.74 Å². The number of ether oxygens (including phenoxy) is 1. The van der Waals surface area contributed by atoms with E-state index < -0.39 is 0 Å². The minimum Gasteiger partial charge on any atom is -0.489 e. The minimum absolute atomic E-state index is 0.489. The van der Waals surface area contributed by atoms with Crippen molar-refractivity contribution in [1.82, 2.24) is 15.6 Å². The summed E-state index contributed by atoms with van der Waals surface area (Å²) < 4.78 is 5.67. The Morgan fingerprint density at radius 3 is 2.71 bits per heavy atom. The van der Waals surface area contributed by atoms with Gasteiger partial charge in [0, 0.05) is 24.8 Å². The van der Waals surface area contributed by atoms with Crippen molar-refractivity contribution in [1.29, 1.82) is 0 Å². The number of aryl methyl sites for hydroxylation is 1. The first-order valence-corrected chi connectivity index (χ1v) is 7.91. The lowest BCUT2D eigenvalue weighted by molar-refractivity contribution is 0.358. The molecule has 0 aliphatic heterocycles. The number of hydrogen-bond acceptors (Lipinski definition) is 3. The minimum atomic E-state index is 0.489. The molecule has 0 amide bonds. The molecule has 5 heteroatoms. The van der Waals surface area contributed by atoms with E-state index >= 15 is 0 Å². The molecule has 126 valence electrons. The maximum atomic E-state index is 5.67. The lowest BCUT2D eigenvalue weighted by atomic mass is 10.2. The number of aromatic nitrogens is 1. The Balaban J connectivity index is 1.91. The average molecular weight is 324 g/mol. The van der Waals surface area contributed by atoms with Gasteiger partial charge in [-0.05, 0) is 25.1 Å². The van der Waals surface area contributed by atoms with Crippen LogP contribution < -0.4 is 15.4 Å². The number of pyridine rings is 1. The van der Waals surface area contributed by atoms with Crippen molar-refractivity contribution in [3.8, 4) is 5.75 Å². The van der Waals surface area contributed by atoms with Crippen molar-refractivity contribution in [2.45, 2.75) is 20.0 Å². The van der Waals surface area contributed by atoms with Gasteiger partial charge in [0.2, 0.25) is 0 Å². The predicted molar refractivity (Wildman–Crippen MR) is 98.1 cm³/mol. The number of aliphatic imine (C=N–C) groups is 1. The molecule has 0 saturated heterocycles. The summed E-state index contributed by atoms with van der Waals surface area (Å²) in [5.74, 6) is 1.57. The van der Waals surface area contributed by atoms with Gasteiger partial charge in [0.15, 0.2) is 5.96 Å². The molecule has 0 aliphatic rings. The summed E-state index contributed by atoms with van der Waals surface area (Å²) in [4.78, 5) is 8.71. The van der Waals surface area contributed by atoms with Crippen LogP contribution in [0.3, 0.4) is 0 Å². The smallest absolute Gasteiger partial charge is 0.191 e. The van der Waals surface area contributed by atoms with Gasteiger partial charge in [-0.2, -0.15) is 0 Å². The monoisotopic (exact) mass is 324 g/mol. The van der Waals surface area contributed by atoms with E-state index in [0.29, 0.717) is 19.7 Å². The van der Waals surface area contributed by atoms with Crippen LogP contribution in [0.2, 0.25) is 0 Å². The van der Waals surface area contributed by atoms with Crippen LogP contribution in [0.15, 0.2) is 60.1 Å². The van der Waals surface area contributed by atoms with Crippen LogP contribution >= 0.6 is 0 Å².